The first kappa shape index (κ1) is 14.6. The van der Waals surface area contributed by atoms with E-state index in [9.17, 15) is 14.7 Å². The second-order valence-corrected chi connectivity index (χ2v) is 5.00. The Morgan fingerprint density at radius 2 is 2.05 bits per heavy atom. The van der Waals surface area contributed by atoms with Gasteiger partial charge in [0, 0.05) is 26.2 Å². The summed E-state index contributed by atoms with van der Waals surface area (Å²) in [5, 5.41) is 12.0. The molecule has 1 aliphatic heterocycles. The van der Waals surface area contributed by atoms with Crippen molar-refractivity contribution in [1.29, 1.82) is 0 Å². The Hall–Kier alpha value is -1.82. The van der Waals surface area contributed by atoms with Crippen LogP contribution < -0.4 is 5.32 Å². The van der Waals surface area contributed by atoms with Crippen LogP contribution in [0.2, 0.25) is 0 Å². The maximum atomic E-state index is 12.0. The monoisotopic (exact) mass is 281 g/mol. The average molecular weight is 281 g/mol. The summed E-state index contributed by atoms with van der Waals surface area (Å²) in [6.45, 7) is 2.83. The van der Waals surface area contributed by atoms with E-state index in [1.165, 1.54) is 0 Å². The van der Waals surface area contributed by atoms with E-state index in [4.69, 9.17) is 9.15 Å². The molecule has 0 atom stereocenters. The molecule has 1 aliphatic rings. The van der Waals surface area contributed by atoms with Crippen molar-refractivity contribution in [3.63, 3.8) is 0 Å². The lowest BCUT2D eigenvalue weighted by molar-refractivity contribution is -0.154. The summed E-state index contributed by atoms with van der Waals surface area (Å²) in [6.07, 6.45) is 1.52. The molecule has 1 aromatic heterocycles. The zero-order chi connectivity index (χ0) is 14.6. The molecule has 2 rings (SSSR count). The van der Waals surface area contributed by atoms with Crippen LogP contribution in [0.15, 0.2) is 16.5 Å². The molecular weight excluding hydrogens is 262 g/mol. The van der Waals surface area contributed by atoms with Crippen LogP contribution in [0.1, 0.15) is 36.1 Å². The topological polar surface area (TPSA) is 88.8 Å². The van der Waals surface area contributed by atoms with Crippen molar-refractivity contribution in [1.82, 2.24) is 5.32 Å². The normalized spacial score (nSPS) is 17.6. The van der Waals surface area contributed by atoms with Crippen LogP contribution in [0.5, 0.6) is 0 Å². The van der Waals surface area contributed by atoms with E-state index in [-0.39, 0.29) is 18.2 Å². The third-order valence-electron chi connectivity index (χ3n) is 3.72. The molecule has 0 spiro atoms. The van der Waals surface area contributed by atoms with E-state index >= 15 is 0 Å². The minimum absolute atomic E-state index is 0.0900. The van der Waals surface area contributed by atoms with Crippen molar-refractivity contribution in [2.24, 2.45) is 5.41 Å². The molecule has 1 amide bonds. The van der Waals surface area contributed by atoms with Crippen molar-refractivity contribution in [3.8, 4) is 0 Å². The summed E-state index contributed by atoms with van der Waals surface area (Å²) < 4.78 is 10.5. The molecule has 0 unspecified atom stereocenters. The minimum Gasteiger partial charge on any atom is -0.481 e. The van der Waals surface area contributed by atoms with Gasteiger partial charge >= 0.3 is 5.97 Å². The van der Waals surface area contributed by atoms with Crippen molar-refractivity contribution in [2.75, 3.05) is 19.8 Å². The highest BCUT2D eigenvalue weighted by molar-refractivity contribution is 5.92. The lowest BCUT2D eigenvalue weighted by Gasteiger charge is -2.32. The predicted octanol–water partition coefficient (Wildman–Crippen LogP) is 1.45. The van der Waals surface area contributed by atoms with Gasteiger partial charge in [-0.3, -0.25) is 9.59 Å². The molecule has 1 fully saturated rings. The molecule has 2 N–H and O–H groups in total. The fourth-order valence-electron chi connectivity index (χ4n) is 2.25. The first-order valence-electron chi connectivity index (χ1n) is 6.75. The molecule has 0 bridgehead atoms. The van der Waals surface area contributed by atoms with E-state index in [2.05, 4.69) is 5.32 Å². The molecule has 20 heavy (non-hydrogen) atoms. The number of hydrogen-bond donors (Lipinski definition) is 2. The predicted molar refractivity (Wildman–Crippen MR) is 70.5 cm³/mol. The fraction of sp³-hybridized carbons (Fsp3) is 0.571. The average Bonchev–Trinajstić information content (AvgIpc) is 2.94. The lowest BCUT2D eigenvalue weighted by atomic mass is 9.80. The number of furan rings is 1. The summed E-state index contributed by atoms with van der Waals surface area (Å²) in [5.41, 5.74) is -0.936. The van der Waals surface area contributed by atoms with Gasteiger partial charge < -0.3 is 19.6 Å². The van der Waals surface area contributed by atoms with Crippen LogP contribution in [0.25, 0.3) is 0 Å². The number of carboxylic acid groups (broad SMARTS) is 1. The highest BCUT2D eigenvalue weighted by atomic mass is 16.5. The summed E-state index contributed by atoms with van der Waals surface area (Å²) in [5.74, 6) is -0.324. The van der Waals surface area contributed by atoms with Crippen molar-refractivity contribution in [2.45, 2.75) is 26.2 Å². The van der Waals surface area contributed by atoms with Crippen LogP contribution in [0.3, 0.4) is 0 Å². The Kier molecular flexibility index (Phi) is 4.44. The summed E-state index contributed by atoms with van der Waals surface area (Å²) >= 11 is 0. The third-order valence-corrected chi connectivity index (χ3v) is 3.72. The Morgan fingerprint density at radius 3 is 2.60 bits per heavy atom. The quantitative estimate of drug-likeness (QED) is 0.852. The molecular formula is C14H19NO5. The number of hydrogen-bond acceptors (Lipinski definition) is 4. The summed E-state index contributed by atoms with van der Waals surface area (Å²) in [4.78, 5) is 23.4. The second kappa shape index (κ2) is 6.09. The first-order valence-corrected chi connectivity index (χ1v) is 6.75. The van der Waals surface area contributed by atoms with Gasteiger partial charge in [-0.15, -0.1) is 0 Å². The molecule has 0 radical (unpaired) electrons. The number of amides is 1. The third kappa shape index (κ3) is 3.01. The van der Waals surface area contributed by atoms with Crippen molar-refractivity contribution >= 4 is 11.9 Å². The highest BCUT2D eigenvalue weighted by Gasteiger charge is 2.40. The van der Waals surface area contributed by atoms with Gasteiger partial charge in [0.15, 0.2) is 5.76 Å². The molecule has 2 heterocycles. The molecule has 6 heteroatoms. The van der Waals surface area contributed by atoms with Crippen LogP contribution in [-0.4, -0.2) is 36.7 Å². The van der Waals surface area contributed by atoms with Gasteiger partial charge in [-0.1, -0.05) is 6.92 Å². The van der Waals surface area contributed by atoms with Gasteiger partial charge in [-0.25, -0.2) is 0 Å². The maximum absolute atomic E-state index is 12.0. The largest absolute Gasteiger partial charge is 0.481 e. The van der Waals surface area contributed by atoms with E-state index in [1.807, 2.05) is 6.92 Å². The van der Waals surface area contributed by atoms with Gasteiger partial charge in [0.05, 0.1) is 5.41 Å². The number of carbonyl (C=O) groups excluding carboxylic acids is 1. The summed E-state index contributed by atoms with van der Waals surface area (Å²) in [6, 6.07) is 3.35. The Bertz CT molecular complexity index is 488. The van der Waals surface area contributed by atoms with Crippen molar-refractivity contribution in [3.05, 3.63) is 23.7 Å². The van der Waals surface area contributed by atoms with Gasteiger partial charge in [0.2, 0.25) is 0 Å². The smallest absolute Gasteiger partial charge is 0.311 e. The lowest BCUT2D eigenvalue weighted by Crippen LogP contribution is -2.46. The maximum Gasteiger partial charge on any atom is 0.311 e. The van der Waals surface area contributed by atoms with E-state index in [0.717, 1.165) is 5.76 Å². The SMILES string of the molecule is CCc1ccc(C(=O)NCC2(C(=O)O)CCOCC2)o1. The minimum atomic E-state index is -0.936. The Labute approximate surface area is 117 Å². The number of carboxylic acids is 1. The Balaban J connectivity index is 1.98. The number of ether oxygens (including phenoxy) is 1. The molecule has 0 aliphatic carbocycles. The van der Waals surface area contributed by atoms with Gasteiger partial charge in [-0.05, 0) is 25.0 Å². The van der Waals surface area contributed by atoms with Crippen molar-refractivity contribution < 1.29 is 23.8 Å². The van der Waals surface area contributed by atoms with Crippen LogP contribution in [0, 0.1) is 5.41 Å². The standard InChI is InChI=1S/C14H19NO5/c1-2-10-3-4-11(20-10)12(16)15-9-14(13(17)18)5-7-19-8-6-14/h3-4H,2,5-9H2,1H3,(H,15,16)(H,17,18). The van der Waals surface area contributed by atoms with E-state index < -0.39 is 11.4 Å². The number of aliphatic carboxylic acids is 1. The van der Waals surface area contributed by atoms with Crippen LogP contribution in [-0.2, 0) is 16.0 Å². The number of rotatable bonds is 5. The fourth-order valence-corrected chi connectivity index (χ4v) is 2.25. The molecule has 1 saturated heterocycles. The summed E-state index contributed by atoms with van der Waals surface area (Å²) in [7, 11) is 0. The number of nitrogens with one attached hydrogen (secondary N) is 1. The number of carbonyl (C=O) groups is 2. The van der Waals surface area contributed by atoms with E-state index in [1.54, 1.807) is 12.1 Å². The zero-order valence-electron chi connectivity index (χ0n) is 11.5. The van der Waals surface area contributed by atoms with Gasteiger partial charge in [0.1, 0.15) is 5.76 Å². The first-order chi connectivity index (χ1) is 9.57. The highest BCUT2D eigenvalue weighted by Crippen LogP contribution is 2.30. The number of aryl methyl sites for hydroxylation is 1. The van der Waals surface area contributed by atoms with E-state index in [0.29, 0.717) is 32.5 Å². The molecule has 110 valence electrons. The molecule has 1 aromatic rings. The van der Waals surface area contributed by atoms with Crippen LogP contribution >= 0.6 is 0 Å². The molecule has 0 saturated carbocycles. The van der Waals surface area contributed by atoms with Gasteiger partial charge in [-0.2, -0.15) is 0 Å². The Morgan fingerprint density at radius 1 is 1.35 bits per heavy atom. The second-order valence-electron chi connectivity index (χ2n) is 5.00. The van der Waals surface area contributed by atoms with Gasteiger partial charge in [0.25, 0.3) is 5.91 Å². The zero-order valence-corrected chi connectivity index (χ0v) is 11.5. The molecule has 0 aromatic carbocycles. The molecule has 6 nitrogen and oxygen atoms in total. The van der Waals surface area contributed by atoms with Crippen LogP contribution in [0.4, 0.5) is 0 Å².